The van der Waals surface area contributed by atoms with Crippen LogP contribution in [0.5, 0.6) is 0 Å². The number of halogens is 3. The topological polar surface area (TPSA) is 80.9 Å². The van der Waals surface area contributed by atoms with Gasteiger partial charge in [0.25, 0.3) is 11.8 Å². The van der Waals surface area contributed by atoms with Crippen LogP contribution in [0.1, 0.15) is 16.1 Å². The Kier molecular flexibility index (Phi) is 5.31. The second-order valence-corrected chi connectivity index (χ2v) is 7.78. The molecule has 2 aromatic heterocycles. The van der Waals surface area contributed by atoms with E-state index in [0.29, 0.717) is 32.1 Å². The summed E-state index contributed by atoms with van der Waals surface area (Å²) in [5.74, 6) is -0.183. The predicted molar refractivity (Wildman–Crippen MR) is 110 cm³/mol. The highest BCUT2D eigenvalue weighted by Gasteiger charge is 2.19. The number of rotatable bonds is 4. The number of aromatic nitrogens is 3. The lowest BCUT2D eigenvalue weighted by molar-refractivity contribution is 0.102. The Morgan fingerprint density at radius 3 is 2.62 bits per heavy atom. The van der Waals surface area contributed by atoms with Crippen LogP contribution in [0.4, 0.5) is 9.52 Å². The van der Waals surface area contributed by atoms with Gasteiger partial charge in [0.1, 0.15) is 10.7 Å². The molecule has 0 spiro atoms. The molecule has 2 heterocycles. The Balaban J connectivity index is 1.57. The van der Waals surface area contributed by atoms with Gasteiger partial charge in [0.15, 0.2) is 5.13 Å². The number of aryl methyl sites for hydroxylation is 1. The number of anilines is 1. The van der Waals surface area contributed by atoms with Crippen molar-refractivity contribution in [1.29, 1.82) is 0 Å². The number of nitrogens with zero attached hydrogens (tertiary/aromatic N) is 3. The van der Waals surface area contributed by atoms with Gasteiger partial charge in [0, 0.05) is 10.6 Å². The molecule has 0 saturated carbocycles. The zero-order chi connectivity index (χ0) is 20.5. The SMILES string of the molecule is Cc1nc(NC(=O)c2ccc(Cl)cc2Cl)sc1-c1nc(-c2ccc(F)cc2)no1. The summed E-state index contributed by atoms with van der Waals surface area (Å²) in [6, 6.07) is 10.4. The zero-order valence-corrected chi connectivity index (χ0v) is 17.1. The van der Waals surface area contributed by atoms with Gasteiger partial charge in [-0.05, 0) is 49.4 Å². The largest absolute Gasteiger partial charge is 0.333 e. The van der Waals surface area contributed by atoms with Gasteiger partial charge in [0.05, 0.1) is 16.3 Å². The molecule has 1 amide bonds. The van der Waals surface area contributed by atoms with Crippen molar-refractivity contribution in [2.45, 2.75) is 6.92 Å². The molecular weight excluding hydrogens is 438 g/mol. The van der Waals surface area contributed by atoms with E-state index in [-0.39, 0.29) is 22.3 Å². The van der Waals surface area contributed by atoms with Gasteiger partial charge in [-0.2, -0.15) is 4.98 Å². The Morgan fingerprint density at radius 1 is 1.14 bits per heavy atom. The number of hydrogen-bond donors (Lipinski definition) is 1. The summed E-state index contributed by atoms with van der Waals surface area (Å²) in [6.45, 7) is 1.76. The van der Waals surface area contributed by atoms with E-state index >= 15 is 0 Å². The molecular formula is C19H11Cl2FN4O2S. The van der Waals surface area contributed by atoms with E-state index < -0.39 is 5.91 Å². The molecule has 2 aromatic carbocycles. The number of thiazole rings is 1. The van der Waals surface area contributed by atoms with E-state index in [1.54, 1.807) is 25.1 Å². The molecule has 29 heavy (non-hydrogen) atoms. The van der Waals surface area contributed by atoms with Crippen LogP contribution in [-0.2, 0) is 0 Å². The molecule has 0 saturated heterocycles. The summed E-state index contributed by atoms with van der Waals surface area (Å²) in [7, 11) is 0. The number of hydrogen-bond acceptors (Lipinski definition) is 6. The summed E-state index contributed by atoms with van der Waals surface area (Å²) in [5, 5.41) is 7.66. The van der Waals surface area contributed by atoms with Gasteiger partial charge in [0.2, 0.25) is 5.82 Å². The van der Waals surface area contributed by atoms with Gasteiger partial charge in [-0.1, -0.05) is 39.7 Å². The Morgan fingerprint density at radius 2 is 1.90 bits per heavy atom. The summed E-state index contributed by atoms with van der Waals surface area (Å²) < 4.78 is 18.4. The van der Waals surface area contributed by atoms with Crippen molar-refractivity contribution >= 4 is 45.6 Å². The molecule has 0 unspecified atom stereocenters. The van der Waals surface area contributed by atoms with Crippen LogP contribution in [0.3, 0.4) is 0 Å². The Labute approximate surface area is 178 Å². The van der Waals surface area contributed by atoms with Crippen LogP contribution >= 0.6 is 34.5 Å². The molecule has 0 aliphatic heterocycles. The normalized spacial score (nSPS) is 10.9. The number of nitrogens with one attached hydrogen (secondary N) is 1. The Hall–Kier alpha value is -2.81. The predicted octanol–water partition coefficient (Wildman–Crippen LogP) is 5.87. The van der Waals surface area contributed by atoms with Crippen molar-refractivity contribution in [2.75, 3.05) is 5.32 Å². The number of carbonyl (C=O) groups excluding carboxylic acids is 1. The van der Waals surface area contributed by atoms with Crippen molar-refractivity contribution in [3.05, 3.63) is 69.6 Å². The fourth-order valence-corrected chi connectivity index (χ4v) is 3.90. The van der Waals surface area contributed by atoms with Crippen LogP contribution in [0.15, 0.2) is 47.0 Å². The first-order valence-electron chi connectivity index (χ1n) is 8.24. The third-order valence-electron chi connectivity index (χ3n) is 3.92. The summed E-state index contributed by atoms with van der Waals surface area (Å²) in [5.41, 5.74) is 1.51. The molecule has 146 valence electrons. The van der Waals surface area contributed by atoms with Gasteiger partial charge >= 0.3 is 0 Å². The van der Waals surface area contributed by atoms with Crippen molar-refractivity contribution in [3.63, 3.8) is 0 Å². The molecule has 1 N–H and O–H groups in total. The lowest BCUT2D eigenvalue weighted by Gasteiger charge is -2.04. The second kappa shape index (κ2) is 7.90. The maximum absolute atomic E-state index is 13.1. The molecule has 4 aromatic rings. The molecule has 0 bridgehead atoms. The minimum Gasteiger partial charge on any atom is -0.333 e. The molecule has 0 atom stereocenters. The van der Waals surface area contributed by atoms with Crippen molar-refractivity contribution < 1.29 is 13.7 Å². The Bertz CT molecular complexity index is 1210. The van der Waals surface area contributed by atoms with Gasteiger partial charge in [-0.15, -0.1) is 0 Å². The molecule has 0 aliphatic rings. The summed E-state index contributed by atoms with van der Waals surface area (Å²) in [4.78, 5) is 21.8. The first-order chi connectivity index (χ1) is 13.9. The fourth-order valence-electron chi connectivity index (χ4n) is 2.52. The van der Waals surface area contributed by atoms with E-state index in [0.717, 1.165) is 0 Å². The summed E-state index contributed by atoms with van der Waals surface area (Å²) in [6.07, 6.45) is 0. The van der Waals surface area contributed by atoms with E-state index in [2.05, 4.69) is 20.4 Å². The molecule has 6 nitrogen and oxygen atoms in total. The maximum Gasteiger partial charge on any atom is 0.270 e. The lowest BCUT2D eigenvalue weighted by Crippen LogP contribution is -2.12. The third kappa shape index (κ3) is 4.14. The molecule has 10 heteroatoms. The average molecular weight is 449 g/mol. The van der Waals surface area contributed by atoms with E-state index in [1.807, 2.05) is 0 Å². The highest BCUT2D eigenvalue weighted by molar-refractivity contribution is 7.19. The van der Waals surface area contributed by atoms with Gasteiger partial charge in [-0.3, -0.25) is 10.1 Å². The van der Waals surface area contributed by atoms with Crippen LogP contribution in [0.2, 0.25) is 10.0 Å². The fraction of sp³-hybridized carbons (Fsp3) is 0.0526. The quantitative estimate of drug-likeness (QED) is 0.422. The van der Waals surface area contributed by atoms with Crippen LogP contribution in [0, 0.1) is 12.7 Å². The minimum absolute atomic E-state index is 0.240. The van der Waals surface area contributed by atoms with Gasteiger partial charge < -0.3 is 4.52 Å². The van der Waals surface area contributed by atoms with Gasteiger partial charge in [-0.25, -0.2) is 9.37 Å². The monoisotopic (exact) mass is 448 g/mol. The van der Waals surface area contributed by atoms with E-state index in [4.69, 9.17) is 27.7 Å². The first kappa shape index (κ1) is 19.5. The van der Waals surface area contributed by atoms with Crippen molar-refractivity contribution in [2.24, 2.45) is 0 Å². The van der Waals surface area contributed by atoms with E-state index in [9.17, 15) is 9.18 Å². The first-order valence-corrected chi connectivity index (χ1v) is 9.82. The highest BCUT2D eigenvalue weighted by Crippen LogP contribution is 2.33. The number of benzene rings is 2. The third-order valence-corrected chi connectivity index (χ3v) is 5.52. The molecule has 0 radical (unpaired) electrons. The average Bonchev–Trinajstić information content (AvgIpc) is 3.29. The number of carbonyl (C=O) groups is 1. The highest BCUT2D eigenvalue weighted by atomic mass is 35.5. The zero-order valence-electron chi connectivity index (χ0n) is 14.7. The lowest BCUT2D eigenvalue weighted by atomic mass is 10.2. The van der Waals surface area contributed by atoms with Crippen molar-refractivity contribution in [3.8, 4) is 22.2 Å². The van der Waals surface area contributed by atoms with Crippen LogP contribution < -0.4 is 5.32 Å². The molecule has 0 fully saturated rings. The molecule has 4 rings (SSSR count). The van der Waals surface area contributed by atoms with Crippen LogP contribution in [-0.4, -0.2) is 21.0 Å². The standard InChI is InChI=1S/C19H11Cl2FN4O2S/c1-9-15(18-24-16(26-28-18)10-2-5-12(22)6-3-10)29-19(23-9)25-17(27)13-7-4-11(20)8-14(13)21/h2-8H,1H3,(H,23,25,27). The van der Waals surface area contributed by atoms with E-state index in [1.165, 1.54) is 35.6 Å². The number of amides is 1. The van der Waals surface area contributed by atoms with Crippen LogP contribution in [0.25, 0.3) is 22.2 Å². The summed E-state index contributed by atoms with van der Waals surface area (Å²) >= 11 is 13.1. The maximum atomic E-state index is 13.1. The smallest absolute Gasteiger partial charge is 0.270 e. The minimum atomic E-state index is -0.413. The van der Waals surface area contributed by atoms with Crippen molar-refractivity contribution in [1.82, 2.24) is 15.1 Å². The molecule has 0 aliphatic carbocycles. The second-order valence-electron chi connectivity index (χ2n) is 5.94.